The molecule has 1 fully saturated rings. The summed E-state index contributed by atoms with van der Waals surface area (Å²) in [5, 5.41) is 8.36. The number of aryl methyl sites for hydroxylation is 1. The lowest BCUT2D eigenvalue weighted by Gasteiger charge is -2.38. The number of ether oxygens (including phenoxy) is 2. The van der Waals surface area contributed by atoms with E-state index in [0.717, 1.165) is 47.5 Å². The molecule has 2 aromatic heterocycles. The molecule has 0 aliphatic carbocycles. The molecule has 1 saturated heterocycles. The van der Waals surface area contributed by atoms with Gasteiger partial charge >= 0.3 is 0 Å². The predicted molar refractivity (Wildman–Crippen MR) is 151 cm³/mol. The summed E-state index contributed by atoms with van der Waals surface area (Å²) in [7, 11) is 0. The molecule has 0 atom stereocenters. The van der Waals surface area contributed by atoms with Crippen molar-refractivity contribution in [3.63, 3.8) is 0 Å². The molecule has 39 heavy (non-hydrogen) atoms. The van der Waals surface area contributed by atoms with Crippen molar-refractivity contribution >= 4 is 28.3 Å². The number of rotatable bonds is 8. The van der Waals surface area contributed by atoms with Crippen molar-refractivity contribution in [1.82, 2.24) is 25.3 Å². The Labute approximate surface area is 228 Å². The van der Waals surface area contributed by atoms with Crippen LogP contribution >= 0.6 is 0 Å². The molecule has 1 amide bonds. The Morgan fingerprint density at radius 3 is 2.72 bits per heavy atom. The number of aromatic nitrogens is 3. The molecule has 5 rings (SSSR count). The standard InChI is InChI=1S/C30H34N6O3/c1-5-30(3,4)34-29(37)22-7-6-8-24(18-22)39-27-10-9-23(17-21(27)2)36(35-13-15-38-16-14-35)28-25-11-12-31-19-26(25)32-20-33-28/h6-12,17-20H,5,13-16H2,1-4H3,(H,34,37). The number of carbonyl (C=O) groups excluding carboxylic acids is 1. The normalized spacial score (nSPS) is 14.3. The molecule has 1 N–H and O–H groups in total. The minimum atomic E-state index is -0.280. The van der Waals surface area contributed by atoms with Gasteiger partial charge in [-0.25, -0.2) is 15.0 Å². The SMILES string of the molecule is CCC(C)(C)NC(=O)c1cccc(Oc2ccc(N(c3ncnc4cnccc34)N3CCOCC3)cc2C)c1. The molecule has 202 valence electrons. The Morgan fingerprint density at radius 1 is 1.13 bits per heavy atom. The number of hydrazine groups is 1. The second-order valence-electron chi connectivity index (χ2n) is 10.2. The maximum Gasteiger partial charge on any atom is 0.251 e. The molecule has 0 saturated carbocycles. The summed E-state index contributed by atoms with van der Waals surface area (Å²) in [5.41, 5.74) is 2.97. The van der Waals surface area contributed by atoms with Gasteiger partial charge in [0.15, 0.2) is 5.82 Å². The van der Waals surface area contributed by atoms with Crippen LogP contribution in [0.3, 0.4) is 0 Å². The summed E-state index contributed by atoms with van der Waals surface area (Å²) >= 11 is 0. The van der Waals surface area contributed by atoms with E-state index in [1.807, 2.05) is 51.1 Å². The second kappa shape index (κ2) is 11.3. The highest BCUT2D eigenvalue weighted by Gasteiger charge is 2.25. The third-order valence-electron chi connectivity index (χ3n) is 6.95. The highest BCUT2D eigenvalue weighted by atomic mass is 16.5. The van der Waals surface area contributed by atoms with Crippen LogP contribution in [0, 0.1) is 6.92 Å². The molecule has 9 heteroatoms. The van der Waals surface area contributed by atoms with Crippen molar-refractivity contribution in [2.75, 3.05) is 31.3 Å². The van der Waals surface area contributed by atoms with Crippen LogP contribution in [0.15, 0.2) is 67.3 Å². The predicted octanol–water partition coefficient (Wildman–Crippen LogP) is 5.43. The quantitative estimate of drug-likeness (QED) is 0.325. The van der Waals surface area contributed by atoms with E-state index in [2.05, 4.69) is 43.3 Å². The monoisotopic (exact) mass is 526 g/mol. The van der Waals surface area contributed by atoms with E-state index in [1.54, 1.807) is 30.9 Å². The van der Waals surface area contributed by atoms with E-state index in [4.69, 9.17) is 9.47 Å². The van der Waals surface area contributed by atoms with Crippen LogP contribution in [0.25, 0.3) is 10.9 Å². The lowest BCUT2D eigenvalue weighted by Crippen LogP contribution is -2.47. The first kappa shape index (κ1) is 26.5. The Morgan fingerprint density at radius 2 is 1.95 bits per heavy atom. The number of hydrogen-bond acceptors (Lipinski definition) is 8. The fourth-order valence-electron chi connectivity index (χ4n) is 4.41. The number of morpholine rings is 1. The van der Waals surface area contributed by atoms with Crippen LogP contribution in [-0.2, 0) is 4.74 Å². The molecule has 0 radical (unpaired) electrons. The van der Waals surface area contributed by atoms with Gasteiger partial charge in [-0.2, -0.15) is 0 Å². The minimum Gasteiger partial charge on any atom is -0.457 e. The highest BCUT2D eigenvalue weighted by Crippen LogP contribution is 2.35. The summed E-state index contributed by atoms with van der Waals surface area (Å²) in [6.07, 6.45) is 5.91. The third kappa shape index (κ3) is 6.00. The lowest BCUT2D eigenvalue weighted by atomic mass is 10.0. The maximum atomic E-state index is 12.8. The summed E-state index contributed by atoms with van der Waals surface area (Å²) in [5.74, 6) is 1.98. The van der Waals surface area contributed by atoms with Gasteiger partial charge in [-0.1, -0.05) is 13.0 Å². The molecule has 2 aromatic carbocycles. The Balaban J connectivity index is 1.44. The van der Waals surface area contributed by atoms with E-state index in [1.165, 1.54) is 0 Å². The number of amides is 1. The Hall–Kier alpha value is -4.08. The first-order valence-corrected chi connectivity index (χ1v) is 13.2. The minimum absolute atomic E-state index is 0.118. The van der Waals surface area contributed by atoms with Crippen LogP contribution in [-0.4, -0.2) is 57.7 Å². The number of nitrogens with one attached hydrogen (secondary N) is 1. The number of nitrogens with zero attached hydrogens (tertiary/aromatic N) is 5. The zero-order valence-corrected chi connectivity index (χ0v) is 22.8. The number of fused-ring (bicyclic) bond motifs is 1. The average molecular weight is 527 g/mol. The third-order valence-corrected chi connectivity index (χ3v) is 6.95. The highest BCUT2D eigenvalue weighted by molar-refractivity contribution is 5.95. The van der Waals surface area contributed by atoms with Crippen molar-refractivity contribution in [2.24, 2.45) is 0 Å². The topological polar surface area (TPSA) is 92.7 Å². The van der Waals surface area contributed by atoms with Crippen molar-refractivity contribution < 1.29 is 14.3 Å². The van der Waals surface area contributed by atoms with Gasteiger partial charge in [-0.3, -0.25) is 14.8 Å². The first-order chi connectivity index (χ1) is 18.8. The van der Waals surface area contributed by atoms with E-state index in [9.17, 15) is 4.79 Å². The molecule has 1 aliphatic rings. The lowest BCUT2D eigenvalue weighted by molar-refractivity contribution is 0.0376. The Kier molecular flexibility index (Phi) is 7.72. The molecule has 1 aliphatic heterocycles. The summed E-state index contributed by atoms with van der Waals surface area (Å²) in [4.78, 5) is 26.1. The van der Waals surface area contributed by atoms with E-state index < -0.39 is 0 Å². The van der Waals surface area contributed by atoms with Crippen LogP contribution in [0.4, 0.5) is 11.5 Å². The fourth-order valence-corrected chi connectivity index (χ4v) is 4.41. The molecule has 9 nitrogen and oxygen atoms in total. The van der Waals surface area contributed by atoms with Gasteiger partial charge in [0.05, 0.1) is 30.6 Å². The van der Waals surface area contributed by atoms with Crippen LogP contribution in [0.1, 0.15) is 43.1 Å². The van der Waals surface area contributed by atoms with Crippen molar-refractivity contribution in [2.45, 2.75) is 39.7 Å². The first-order valence-electron chi connectivity index (χ1n) is 13.2. The fraction of sp³-hybridized carbons (Fsp3) is 0.333. The molecule has 0 spiro atoms. The summed E-state index contributed by atoms with van der Waals surface area (Å²) < 4.78 is 11.9. The van der Waals surface area contributed by atoms with Gasteiger partial charge in [0, 0.05) is 35.8 Å². The molecule has 0 unspecified atom stereocenters. The van der Waals surface area contributed by atoms with E-state index >= 15 is 0 Å². The zero-order chi connectivity index (χ0) is 27.4. The summed E-state index contributed by atoms with van der Waals surface area (Å²) in [6, 6.07) is 15.3. The second-order valence-corrected chi connectivity index (χ2v) is 10.2. The number of carbonyl (C=O) groups is 1. The average Bonchev–Trinajstić information content (AvgIpc) is 2.95. The molecule has 0 bridgehead atoms. The molecule has 4 aromatic rings. The van der Waals surface area contributed by atoms with Gasteiger partial charge in [0.25, 0.3) is 5.91 Å². The zero-order valence-electron chi connectivity index (χ0n) is 22.8. The molecular weight excluding hydrogens is 492 g/mol. The van der Waals surface area contributed by atoms with E-state index in [-0.39, 0.29) is 11.4 Å². The maximum absolute atomic E-state index is 12.8. The van der Waals surface area contributed by atoms with Gasteiger partial charge in [-0.05, 0) is 75.2 Å². The van der Waals surface area contributed by atoms with Gasteiger partial charge in [0.2, 0.25) is 0 Å². The van der Waals surface area contributed by atoms with Crippen LogP contribution in [0.5, 0.6) is 11.5 Å². The summed E-state index contributed by atoms with van der Waals surface area (Å²) in [6.45, 7) is 10.8. The van der Waals surface area contributed by atoms with Crippen LogP contribution in [0.2, 0.25) is 0 Å². The largest absolute Gasteiger partial charge is 0.457 e. The van der Waals surface area contributed by atoms with Crippen molar-refractivity contribution in [3.05, 3.63) is 78.4 Å². The van der Waals surface area contributed by atoms with Crippen molar-refractivity contribution in [1.29, 1.82) is 0 Å². The van der Waals surface area contributed by atoms with Crippen LogP contribution < -0.4 is 15.1 Å². The number of hydrogen-bond donors (Lipinski definition) is 1. The molecule has 3 heterocycles. The number of anilines is 2. The number of pyridine rings is 1. The number of benzene rings is 2. The van der Waals surface area contributed by atoms with Crippen molar-refractivity contribution in [3.8, 4) is 11.5 Å². The Bertz CT molecular complexity index is 1460. The van der Waals surface area contributed by atoms with Gasteiger partial charge < -0.3 is 14.8 Å². The smallest absolute Gasteiger partial charge is 0.251 e. The van der Waals surface area contributed by atoms with E-state index in [0.29, 0.717) is 30.3 Å². The van der Waals surface area contributed by atoms with Gasteiger partial charge in [-0.15, -0.1) is 0 Å². The molecular formula is C30H34N6O3. The van der Waals surface area contributed by atoms with Gasteiger partial charge in [0.1, 0.15) is 17.8 Å².